The smallest absolute Gasteiger partial charge is 0.303 e. The second-order valence-corrected chi connectivity index (χ2v) is 7.67. The number of sulfone groups is 1. The number of benzene rings is 1. The van der Waals surface area contributed by atoms with Crippen molar-refractivity contribution in [2.24, 2.45) is 0 Å². The summed E-state index contributed by atoms with van der Waals surface area (Å²) in [5, 5.41) is 8.76. The summed E-state index contributed by atoms with van der Waals surface area (Å²) in [5.74, 6) is -0.740. The summed E-state index contributed by atoms with van der Waals surface area (Å²) in [4.78, 5) is 13.2. The van der Waals surface area contributed by atoms with Crippen LogP contribution in [-0.4, -0.2) is 42.7 Å². The van der Waals surface area contributed by atoms with E-state index in [4.69, 9.17) is 5.11 Å². The predicted molar refractivity (Wildman–Crippen MR) is 79.9 cm³/mol. The predicted octanol–water partition coefficient (Wildman–Crippen LogP) is 2.09. The Kier molecular flexibility index (Phi) is 4.68. The van der Waals surface area contributed by atoms with Gasteiger partial charge in [-0.3, -0.25) is 9.69 Å². The SMILES string of the molecule is CC(C)N(CCCC(=O)O)C1CS(=O)(=O)c2ccccc21. The first-order valence-electron chi connectivity index (χ1n) is 7.12. The van der Waals surface area contributed by atoms with Gasteiger partial charge in [-0.15, -0.1) is 0 Å². The van der Waals surface area contributed by atoms with Crippen LogP contribution in [0.2, 0.25) is 0 Å². The molecule has 0 aliphatic carbocycles. The molecule has 0 saturated heterocycles. The summed E-state index contributed by atoms with van der Waals surface area (Å²) in [6.45, 7) is 4.60. The number of carboxylic acid groups (broad SMARTS) is 1. The van der Waals surface area contributed by atoms with Gasteiger partial charge in [-0.05, 0) is 38.4 Å². The summed E-state index contributed by atoms with van der Waals surface area (Å²) in [6, 6.07) is 7.08. The van der Waals surface area contributed by atoms with Gasteiger partial charge in [0.05, 0.1) is 16.7 Å². The Morgan fingerprint density at radius 1 is 1.38 bits per heavy atom. The van der Waals surface area contributed by atoms with Crippen molar-refractivity contribution in [2.75, 3.05) is 12.3 Å². The van der Waals surface area contributed by atoms with Crippen LogP contribution in [0.15, 0.2) is 29.2 Å². The van der Waals surface area contributed by atoms with E-state index in [2.05, 4.69) is 4.90 Å². The molecule has 1 N–H and O–H groups in total. The number of hydrogen-bond donors (Lipinski definition) is 1. The molecule has 0 saturated carbocycles. The van der Waals surface area contributed by atoms with Crippen molar-refractivity contribution in [2.45, 2.75) is 43.7 Å². The molecule has 1 unspecified atom stereocenters. The monoisotopic (exact) mass is 311 g/mol. The van der Waals surface area contributed by atoms with Crippen LogP contribution in [0, 0.1) is 0 Å². The number of nitrogens with zero attached hydrogens (tertiary/aromatic N) is 1. The summed E-state index contributed by atoms with van der Waals surface area (Å²) in [6.07, 6.45) is 0.622. The first-order chi connectivity index (χ1) is 9.83. The highest BCUT2D eigenvalue weighted by Crippen LogP contribution is 2.37. The third-order valence-corrected chi connectivity index (χ3v) is 5.66. The first-order valence-corrected chi connectivity index (χ1v) is 8.77. The highest BCUT2D eigenvalue weighted by atomic mass is 32.2. The Hall–Kier alpha value is -1.40. The second-order valence-electron chi connectivity index (χ2n) is 5.66. The van der Waals surface area contributed by atoms with E-state index in [9.17, 15) is 13.2 Å². The molecule has 116 valence electrons. The van der Waals surface area contributed by atoms with Crippen molar-refractivity contribution in [3.8, 4) is 0 Å². The molecule has 1 aliphatic heterocycles. The van der Waals surface area contributed by atoms with Crippen molar-refractivity contribution >= 4 is 15.8 Å². The Morgan fingerprint density at radius 3 is 2.67 bits per heavy atom. The largest absolute Gasteiger partial charge is 0.481 e. The van der Waals surface area contributed by atoms with Gasteiger partial charge in [-0.25, -0.2) is 8.42 Å². The van der Waals surface area contributed by atoms with Gasteiger partial charge in [-0.2, -0.15) is 0 Å². The van der Waals surface area contributed by atoms with Crippen LogP contribution in [0.5, 0.6) is 0 Å². The fourth-order valence-electron chi connectivity index (χ4n) is 2.89. The van der Waals surface area contributed by atoms with E-state index in [1.807, 2.05) is 26.0 Å². The summed E-state index contributed by atoms with van der Waals surface area (Å²) >= 11 is 0. The maximum absolute atomic E-state index is 12.3. The summed E-state index contributed by atoms with van der Waals surface area (Å²) in [7, 11) is -3.23. The van der Waals surface area contributed by atoms with Crippen LogP contribution in [0.3, 0.4) is 0 Å². The molecular weight excluding hydrogens is 290 g/mol. The minimum absolute atomic E-state index is 0.0810. The molecule has 0 bridgehead atoms. The molecule has 0 fully saturated rings. The van der Waals surface area contributed by atoms with Crippen molar-refractivity contribution < 1.29 is 18.3 Å². The lowest BCUT2D eigenvalue weighted by Gasteiger charge is -2.32. The third kappa shape index (κ3) is 3.44. The zero-order valence-corrected chi connectivity index (χ0v) is 13.1. The van der Waals surface area contributed by atoms with Gasteiger partial charge in [0.2, 0.25) is 0 Å². The number of rotatable bonds is 6. The molecule has 0 spiro atoms. The Morgan fingerprint density at radius 2 is 2.05 bits per heavy atom. The van der Waals surface area contributed by atoms with E-state index < -0.39 is 15.8 Å². The molecule has 0 radical (unpaired) electrons. The second kappa shape index (κ2) is 6.15. The fraction of sp³-hybridized carbons (Fsp3) is 0.533. The molecule has 1 aliphatic rings. The van der Waals surface area contributed by atoms with E-state index in [0.717, 1.165) is 5.56 Å². The molecule has 1 atom stereocenters. The molecule has 0 aromatic heterocycles. The van der Waals surface area contributed by atoms with E-state index in [1.165, 1.54) is 0 Å². The van der Waals surface area contributed by atoms with Gasteiger partial charge < -0.3 is 5.11 Å². The van der Waals surface area contributed by atoms with Crippen LogP contribution < -0.4 is 0 Å². The third-order valence-electron chi connectivity index (χ3n) is 3.86. The zero-order chi connectivity index (χ0) is 15.6. The van der Waals surface area contributed by atoms with Gasteiger partial charge in [0.1, 0.15) is 0 Å². The molecular formula is C15H21NO4S. The van der Waals surface area contributed by atoms with Crippen LogP contribution in [-0.2, 0) is 14.6 Å². The van der Waals surface area contributed by atoms with Crippen molar-refractivity contribution in [3.63, 3.8) is 0 Å². The number of hydrogen-bond acceptors (Lipinski definition) is 4. The van der Waals surface area contributed by atoms with Gasteiger partial charge in [0.25, 0.3) is 0 Å². The zero-order valence-electron chi connectivity index (χ0n) is 12.3. The lowest BCUT2D eigenvalue weighted by atomic mass is 10.0. The number of carboxylic acids is 1. The first kappa shape index (κ1) is 16.0. The van der Waals surface area contributed by atoms with Crippen LogP contribution in [0.25, 0.3) is 0 Å². The van der Waals surface area contributed by atoms with Crippen molar-refractivity contribution in [1.82, 2.24) is 4.90 Å². The highest BCUT2D eigenvalue weighted by Gasteiger charge is 2.38. The van der Waals surface area contributed by atoms with E-state index >= 15 is 0 Å². The number of fused-ring (bicyclic) bond motifs is 1. The quantitative estimate of drug-likeness (QED) is 0.870. The Labute approximate surface area is 125 Å². The Bertz CT molecular complexity index is 624. The lowest BCUT2D eigenvalue weighted by molar-refractivity contribution is -0.137. The van der Waals surface area contributed by atoms with Gasteiger partial charge in [0, 0.05) is 12.5 Å². The van der Waals surface area contributed by atoms with E-state index in [0.29, 0.717) is 17.9 Å². The van der Waals surface area contributed by atoms with Gasteiger partial charge >= 0.3 is 5.97 Å². The number of aliphatic carboxylic acids is 1. The normalized spacial score (nSPS) is 19.9. The highest BCUT2D eigenvalue weighted by molar-refractivity contribution is 7.91. The molecule has 2 rings (SSSR count). The van der Waals surface area contributed by atoms with E-state index in [1.54, 1.807) is 12.1 Å². The van der Waals surface area contributed by atoms with Crippen LogP contribution >= 0.6 is 0 Å². The molecule has 0 amide bonds. The average Bonchev–Trinajstić information content (AvgIpc) is 2.67. The maximum Gasteiger partial charge on any atom is 0.303 e. The van der Waals surface area contributed by atoms with Crippen LogP contribution in [0.1, 0.15) is 38.3 Å². The minimum Gasteiger partial charge on any atom is -0.481 e. The average molecular weight is 311 g/mol. The molecule has 21 heavy (non-hydrogen) atoms. The van der Waals surface area contributed by atoms with Crippen molar-refractivity contribution in [1.29, 1.82) is 0 Å². The molecule has 5 nitrogen and oxygen atoms in total. The van der Waals surface area contributed by atoms with Gasteiger partial charge in [0.15, 0.2) is 9.84 Å². The van der Waals surface area contributed by atoms with Crippen molar-refractivity contribution in [3.05, 3.63) is 29.8 Å². The summed E-state index contributed by atoms with van der Waals surface area (Å²) in [5.41, 5.74) is 0.835. The lowest BCUT2D eigenvalue weighted by Crippen LogP contribution is -2.36. The maximum atomic E-state index is 12.3. The van der Waals surface area contributed by atoms with E-state index in [-0.39, 0.29) is 24.3 Å². The standard InChI is InChI=1S/C15H21NO4S/c1-11(2)16(9-5-8-15(17)18)13-10-21(19,20)14-7-4-3-6-12(13)14/h3-4,6-7,11,13H,5,8-10H2,1-2H3,(H,17,18). The molecule has 1 heterocycles. The molecule has 1 aromatic carbocycles. The molecule has 6 heteroatoms. The fourth-order valence-corrected chi connectivity index (χ4v) is 4.70. The topological polar surface area (TPSA) is 74.7 Å². The minimum atomic E-state index is -3.23. The Balaban J connectivity index is 2.24. The molecule has 1 aromatic rings. The summed E-state index contributed by atoms with van der Waals surface area (Å²) < 4.78 is 24.5. The van der Waals surface area contributed by atoms with Gasteiger partial charge in [-0.1, -0.05) is 18.2 Å². The number of carbonyl (C=O) groups is 1. The van der Waals surface area contributed by atoms with Crippen LogP contribution in [0.4, 0.5) is 0 Å².